The predicted molar refractivity (Wildman–Crippen MR) is 79.7 cm³/mol. The molecule has 1 aliphatic heterocycles. The van der Waals surface area contributed by atoms with Crippen LogP contribution in [0, 0.1) is 22.7 Å². The van der Waals surface area contributed by atoms with Crippen molar-refractivity contribution in [3.05, 3.63) is 0 Å². The number of carboxylic acid groups (broad SMARTS) is 1. The van der Waals surface area contributed by atoms with Crippen LogP contribution >= 0.6 is 0 Å². The highest BCUT2D eigenvalue weighted by atomic mass is 16.4. The van der Waals surface area contributed by atoms with Crippen molar-refractivity contribution in [2.75, 3.05) is 13.1 Å². The summed E-state index contributed by atoms with van der Waals surface area (Å²) in [6, 6.07) is 0. The van der Waals surface area contributed by atoms with E-state index >= 15 is 0 Å². The van der Waals surface area contributed by atoms with Gasteiger partial charge in [0.25, 0.3) is 0 Å². The third-order valence-corrected chi connectivity index (χ3v) is 6.10. The van der Waals surface area contributed by atoms with E-state index in [1.807, 2.05) is 4.90 Å². The number of likely N-dealkylation sites (tertiary alicyclic amines) is 1. The summed E-state index contributed by atoms with van der Waals surface area (Å²) in [7, 11) is 0. The molecular formula is C17H27NO3. The number of carbonyl (C=O) groups excluding carboxylic acids is 1. The molecule has 2 saturated carbocycles. The van der Waals surface area contributed by atoms with E-state index in [0.29, 0.717) is 11.8 Å². The average Bonchev–Trinajstić information content (AvgIpc) is 3.08. The van der Waals surface area contributed by atoms with Crippen LogP contribution in [0.25, 0.3) is 0 Å². The van der Waals surface area contributed by atoms with Crippen LogP contribution in [0.15, 0.2) is 0 Å². The minimum absolute atomic E-state index is 0.0213. The molecule has 4 nitrogen and oxygen atoms in total. The number of amides is 1. The highest BCUT2D eigenvalue weighted by molar-refractivity contribution is 5.84. The molecule has 2 aliphatic carbocycles. The lowest BCUT2D eigenvalue weighted by atomic mass is 9.63. The lowest BCUT2D eigenvalue weighted by molar-refractivity contribution is -0.151. The van der Waals surface area contributed by atoms with Crippen molar-refractivity contribution in [3.8, 4) is 0 Å². The van der Waals surface area contributed by atoms with Gasteiger partial charge >= 0.3 is 5.97 Å². The monoisotopic (exact) mass is 293 g/mol. The Labute approximate surface area is 126 Å². The van der Waals surface area contributed by atoms with Gasteiger partial charge in [-0.1, -0.05) is 20.3 Å². The number of piperidine rings is 1. The average molecular weight is 293 g/mol. The van der Waals surface area contributed by atoms with Crippen LogP contribution in [-0.2, 0) is 9.59 Å². The van der Waals surface area contributed by atoms with E-state index in [1.165, 1.54) is 6.42 Å². The fourth-order valence-electron chi connectivity index (χ4n) is 4.63. The zero-order chi connectivity index (χ0) is 15.3. The third kappa shape index (κ3) is 2.47. The van der Waals surface area contributed by atoms with Crippen molar-refractivity contribution in [1.82, 2.24) is 4.90 Å². The number of hydrogen-bond donors (Lipinski definition) is 1. The quantitative estimate of drug-likeness (QED) is 0.867. The molecule has 21 heavy (non-hydrogen) atoms. The summed E-state index contributed by atoms with van der Waals surface area (Å²) >= 11 is 0. The molecule has 118 valence electrons. The maximum absolute atomic E-state index is 12.9. The molecule has 3 fully saturated rings. The normalized spacial score (nSPS) is 29.3. The molecule has 1 heterocycles. The van der Waals surface area contributed by atoms with Gasteiger partial charge in [-0.2, -0.15) is 0 Å². The molecule has 3 aliphatic rings. The molecule has 0 aromatic heterocycles. The van der Waals surface area contributed by atoms with Crippen LogP contribution in [-0.4, -0.2) is 35.0 Å². The molecule has 0 radical (unpaired) electrons. The van der Waals surface area contributed by atoms with E-state index in [2.05, 4.69) is 13.8 Å². The summed E-state index contributed by atoms with van der Waals surface area (Å²) in [5, 5.41) is 9.14. The number of carbonyl (C=O) groups is 2. The molecule has 1 unspecified atom stereocenters. The number of hydrogen-bond acceptors (Lipinski definition) is 2. The van der Waals surface area contributed by atoms with E-state index in [-0.39, 0.29) is 16.7 Å². The van der Waals surface area contributed by atoms with Crippen molar-refractivity contribution in [1.29, 1.82) is 0 Å². The summed E-state index contributed by atoms with van der Waals surface area (Å²) in [6.07, 6.45) is 6.86. The minimum Gasteiger partial charge on any atom is -0.481 e. The zero-order valence-electron chi connectivity index (χ0n) is 13.2. The molecule has 1 spiro atoms. The molecule has 4 heteroatoms. The lowest BCUT2D eigenvalue weighted by Crippen LogP contribution is -2.51. The van der Waals surface area contributed by atoms with Crippen LogP contribution in [0.2, 0.25) is 0 Å². The van der Waals surface area contributed by atoms with Gasteiger partial charge in [-0.05, 0) is 49.9 Å². The van der Waals surface area contributed by atoms with E-state index in [9.17, 15) is 9.59 Å². The minimum atomic E-state index is -0.648. The fourth-order valence-corrected chi connectivity index (χ4v) is 4.63. The van der Waals surface area contributed by atoms with Crippen molar-refractivity contribution in [2.24, 2.45) is 22.7 Å². The molecule has 1 amide bonds. The van der Waals surface area contributed by atoms with Gasteiger partial charge in [-0.25, -0.2) is 0 Å². The van der Waals surface area contributed by atoms with Gasteiger partial charge in [0.05, 0.1) is 5.92 Å². The smallest absolute Gasteiger partial charge is 0.307 e. The number of aliphatic carboxylic acids is 1. The van der Waals surface area contributed by atoms with Crippen LogP contribution < -0.4 is 0 Å². The number of nitrogens with zero attached hydrogens (tertiary/aromatic N) is 1. The van der Waals surface area contributed by atoms with Gasteiger partial charge < -0.3 is 10.0 Å². The van der Waals surface area contributed by atoms with E-state index in [4.69, 9.17) is 5.11 Å². The first-order chi connectivity index (χ1) is 9.89. The number of carboxylic acids is 1. The summed E-state index contributed by atoms with van der Waals surface area (Å²) in [6.45, 7) is 5.92. The highest BCUT2D eigenvalue weighted by Gasteiger charge is 2.59. The first-order valence-electron chi connectivity index (χ1n) is 8.41. The predicted octanol–water partition coefficient (Wildman–Crippen LogP) is 2.92. The summed E-state index contributed by atoms with van der Waals surface area (Å²) < 4.78 is 0. The van der Waals surface area contributed by atoms with Crippen molar-refractivity contribution in [2.45, 2.75) is 58.8 Å². The summed E-state index contributed by atoms with van der Waals surface area (Å²) in [4.78, 5) is 26.0. The van der Waals surface area contributed by atoms with Gasteiger partial charge in [-0.15, -0.1) is 0 Å². The maximum Gasteiger partial charge on any atom is 0.307 e. The van der Waals surface area contributed by atoms with E-state index < -0.39 is 5.97 Å². The second kappa shape index (κ2) is 4.99. The Bertz CT molecular complexity index is 445. The first-order valence-corrected chi connectivity index (χ1v) is 8.41. The first kappa shape index (κ1) is 14.9. The molecule has 1 atom stereocenters. The van der Waals surface area contributed by atoms with Gasteiger partial charge in [0.2, 0.25) is 5.91 Å². The second-order valence-electron chi connectivity index (χ2n) is 7.98. The van der Waals surface area contributed by atoms with Crippen LogP contribution in [0.3, 0.4) is 0 Å². The Kier molecular flexibility index (Phi) is 3.53. The molecule has 1 saturated heterocycles. The Morgan fingerprint density at radius 2 is 1.81 bits per heavy atom. The zero-order valence-corrected chi connectivity index (χ0v) is 13.2. The summed E-state index contributed by atoms with van der Waals surface area (Å²) in [5.41, 5.74) is -0.0676. The standard InChI is InChI=1S/C17H27NO3/c1-12(2)10-17(4-3-5-17)15(21)18-8-6-16(7-9-18)11-13(16)14(19)20/h12-13H,3-11H2,1-2H3,(H,19,20). The van der Waals surface area contributed by atoms with Crippen molar-refractivity contribution in [3.63, 3.8) is 0 Å². The van der Waals surface area contributed by atoms with Crippen LogP contribution in [0.5, 0.6) is 0 Å². The Morgan fingerprint density at radius 1 is 1.19 bits per heavy atom. The topological polar surface area (TPSA) is 57.6 Å². The molecule has 0 bridgehead atoms. The Hall–Kier alpha value is -1.06. The lowest BCUT2D eigenvalue weighted by Gasteiger charge is -2.46. The molecular weight excluding hydrogens is 266 g/mol. The van der Waals surface area contributed by atoms with E-state index in [1.54, 1.807) is 0 Å². The van der Waals surface area contributed by atoms with Gasteiger partial charge in [0.15, 0.2) is 0 Å². The van der Waals surface area contributed by atoms with Crippen LogP contribution in [0.4, 0.5) is 0 Å². The molecule has 0 aromatic rings. The molecule has 3 rings (SSSR count). The molecule has 0 aromatic carbocycles. The molecule has 1 N–H and O–H groups in total. The van der Waals surface area contributed by atoms with E-state index in [0.717, 1.165) is 51.6 Å². The third-order valence-electron chi connectivity index (χ3n) is 6.10. The Balaban J connectivity index is 1.59. The maximum atomic E-state index is 12.9. The van der Waals surface area contributed by atoms with Gasteiger partial charge in [-0.3, -0.25) is 9.59 Å². The second-order valence-corrected chi connectivity index (χ2v) is 7.98. The number of rotatable bonds is 4. The highest BCUT2D eigenvalue weighted by Crippen LogP contribution is 2.60. The largest absolute Gasteiger partial charge is 0.481 e. The Morgan fingerprint density at radius 3 is 2.19 bits per heavy atom. The fraction of sp³-hybridized carbons (Fsp3) is 0.882. The summed E-state index contributed by atoms with van der Waals surface area (Å²) in [5.74, 6) is 0.114. The SMILES string of the molecule is CC(C)CC1(C(=O)N2CCC3(CC2)CC3C(=O)O)CCC1. The van der Waals surface area contributed by atoms with Crippen LogP contribution in [0.1, 0.15) is 58.8 Å². The van der Waals surface area contributed by atoms with Crippen molar-refractivity contribution >= 4 is 11.9 Å². The van der Waals surface area contributed by atoms with Gasteiger partial charge in [0.1, 0.15) is 0 Å². The van der Waals surface area contributed by atoms with Gasteiger partial charge in [0, 0.05) is 18.5 Å². The van der Waals surface area contributed by atoms with Crippen molar-refractivity contribution < 1.29 is 14.7 Å².